The molecule has 1 N–H and O–H groups in total. The Morgan fingerprint density at radius 1 is 1.35 bits per heavy atom. The van der Waals surface area contributed by atoms with Crippen molar-refractivity contribution in [1.82, 2.24) is 20.2 Å². The van der Waals surface area contributed by atoms with Gasteiger partial charge in [-0.25, -0.2) is 4.68 Å². The van der Waals surface area contributed by atoms with Crippen LogP contribution in [0.3, 0.4) is 0 Å². The molecule has 2 atom stereocenters. The molecule has 2 unspecified atom stereocenters. The predicted octanol–water partition coefficient (Wildman–Crippen LogP) is 3.04. The zero-order valence-electron chi connectivity index (χ0n) is 11.9. The van der Waals surface area contributed by atoms with E-state index in [1.165, 1.54) is 32.1 Å². The fourth-order valence-electron chi connectivity index (χ4n) is 3.05. The van der Waals surface area contributed by atoms with Gasteiger partial charge in [0.2, 0.25) is 0 Å². The molecule has 1 aliphatic carbocycles. The van der Waals surface area contributed by atoms with Gasteiger partial charge in [0.25, 0.3) is 0 Å². The van der Waals surface area contributed by atoms with Gasteiger partial charge in [-0.15, -0.1) is 5.10 Å². The molecule has 5 heteroatoms. The lowest BCUT2D eigenvalue weighted by Crippen LogP contribution is -2.27. The SMILES string of the molecule is CCC1CCCC(Nc2cccc(-n3cnnn3)c2)C1. The van der Waals surface area contributed by atoms with Crippen molar-refractivity contribution in [1.29, 1.82) is 0 Å². The molecule has 1 aromatic heterocycles. The van der Waals surface area contributed by atoms with Crippen molar-refractivity contribution in [2.75, 3.05) is 5.32 Å². The molecule has 1 heterocycles. The van der Waals surface area contributed by atoms with Crippen LogP contribution < -0.4 is 5.32 Å². The van der Waals surface area contributed by atoms with Crippen LogP contribution >= 0.6 is 0 Å². The summed E-state index contributed by atoms with van der Waals surface area (Å²) in [5.74, 6) is 0.879. The van der Waals surface area contributed by atoms with Crippen molar-refractivity contribution in [2.45, 2.75) is 45.1 Å². The number of hydrogen-bond donors (Lipinski definition) is 1. The molecule has 0 bridgehead atoms. The quantitative estimate of drug-likeness (QED) is 0.928. The lowest BCUT2D eigenvalue weighted by atomic mass is 9.84. The van der Waals surface area contributed by atoms with Crippen LogP contribution in [-0.2, 0) is 0 Å². The lowest BCUT2D eigenvalue weighted by molar-refractivity contribution is 0.327. The Hall–Kier alpha value is -1.91. The highest BCUT2D eigenvalue weighted by Gasteiger charge is 2.20. The van der Waals surface area contributed by atoms with E-state index in [9.17, 15) is 0 Å². The molecule has 1 aromatic carbocycles. The third-order valence-electron chi connectivity index (χ3n) is 4.19. The summed E-state index contributed by atoms with van der Waals surface area (Å²) in [6.45, 7) is 2.30. The molecule has 5 nitrogen and oxygen atoms in total. The van der Waals surface area contributed by atoms with E-state index < -0.39 is 0 Å². The van der Waals surface area contributed by atoms with Gasteiger partial charge in [-0.3, -0.25) is 0 Å². The minimum Gasteiger partial charge on any atom is -0.382 e. The van der Waals surface area contributed by atoms with Crippen LogP contribution in [0.1, 0.15) is 39.0 Å². The molecular weight excluding hydrogens is 250 g/mol. The number of nitrogens with zero attached hydrogens (tertiary/aromatic N) is 4. The number of rotatable bonds is 4. The number of tetrazole rings is 1. The van der Waals surface area contributed by atoms with E-state index in [1.807, 2.05) is 12.1 Å². The highest BCUT2D eigenvalue weighted by atomic mass is 15.5. The maximum absolute atomic E-state index is 3.93. The minimum absolute atomic E-state index is 0.595. The summed E-state index contributed by atoms with van der Waals surface area (Å²) in [5, 5.41) is 14.9. The summed E-state index contributed by atoms with van der Waals surface area (Å²) in [6, 6.07) is 8.87. The van der Waals surface area contributed by atoms with Crippen molar-refractivity contribution >= 4 is 5.69 Å². The van der Waals surface area contributed by atoms with Crippen molar-refractivity contribution in [2.24, 2.45) is 5.92 Å². The van der Waals surface area contributed by atoms with Gasteiger partial charge in [0, 0.05) is 11.7 Å². The average Bonchev–Trinajstić information content (AvgIpc) is 3.02. The molecular formula is C15H21N5. The summed E-state index contributed by atoms with van der Waals surface area (Å²) in [6.07, 6.45) is 8.19. The monoisotopic (exact) mass is 271 g/mol. The molecule has 0 spiro atoms. The normalized spacial score (nSPS) is 22.6. The first kappa shape index (κ1) is 13.1. The molecule has 1 saturated carbocycles. The summed E-state index contributed by atoms with van der Waals surface area (Å²) in [7, 11) is 0. The second kappa shape index (κ2) is 6.03. The standard InChI is InChI=1S/C15H21N5/c1-2-12-5-3-6-13(9-12)17-14-7-4-8-15(10-14)20-11-16-18-19-20/h4,7-8,10-13,17H,2-3,5-6,9H2,1H3. The Kier molecular flexibility index (Phi) is 3.95. The molecule has 0 aliphatic heterocycles. The van der Waals surface area contributed by atoms with Gasteiger partial charge in [-0.1, -0.05) is 32.3 Å². The maximum Gasteiger partial charge on any atom is 0.143 e. The van der Waals surface area contributed by atoms with Gasteiger partial charge in [-0.05, 0) is 47.4 Å². The molecule has 0 amide bonds. The Morgan fingerprint density at radius 3 is 3.10 bits per heavy atom. The van der Waals surface area contributed by atoms with Crippen LogP contribution in [-0.4, -0.2) is 26.2 Å². The zero-order chi connectivity index (χ0) is 13.8. The molecule has 20 heavy (non-hydrogen) atoms. The first-order chi connectivity index (χ1) is 9.85. The Bertz CT molecular complexity index is 537. The molecule has 1 fully saturated rings. The first-order valence-electron chi connectivity index (χ1n) is 7.45. The van der Waals surface area contributed by atoms with E-state index in [0.29, 0.717) is 6.04 Å². The van der Waals surface area contributed by atoms with Crippen LogP contribution in [0.25, 0.3) is 5.69 Å². The third kappa shape index (κ3) is 2.98. The van der Waals surface area contributed by atoms with Crippen LogP contribution in [0.4, 0.5) is 5.69 Å². The number of nitrogens with one attached hydrogen (secondary N) is 1. The minimum atomic E-state index is 0.595. The van der Waals surface area contributed by atoms with Gasteiger partial charge in [0.1, 0.15) is 6.33 Å². The molecule has 106 valence electrons. The fourth-order valence-corrected chi connectivity index (χ4v) is 3.05. The average molecular weight is 271 g/mol. The van der Waals surface area contributed by atoms with Gasteiger partial charge >= 0.3 is 0 Å². The maximum atomic E-state index is 3.93. The number of hydrogen-bond acceptors (Lipinski definition) is 4. The van der Waals surface area contributed by atoms with Gasteiger partial charge < -0.3 is 5.32 Å². The van der Waals surface area contributed by atoms with Crippen molar-refractivity contribution in [3.05, 3.63) is 30.6 Å². The van der Waals surface area contributed by atoms with Crippen molar-refractivity contribution in [3.63, 3.8) is 0 Å². The molecule has 0 saturated heterocycles. The van der Waals surface area contributed by atoms with Crippen molar-refractivity contribution < 1.29 is 0 Å². The van der Waals surface area contributed by atoms with Crippen LogP contribution in [0.15, 0.2) is 30.6 Å². The number of anilines is 1. The summed E-state index contributed by atoms with van der Waals surface area (Å²) < 4.78 is 1.68. The molecule has 3 rings (SSSR count). The Labute approximate surface area is 119 Å². The second-order valence-corrected chi connectivity index (χ2v) is 5.59. The predicted molar refractivity (Wildman–Crippen MR) is 78.8 cm³/mol. The molecule has 2 aromatic rings. The molecule has 0 radical (unpaired) electrons. The van der Waals surface area contributed by atoms with Crippen LogP contribution in [0.5, 0.6) is 0 Å². The van der Waals surface area contributed by atoms with E-state index in [0.717, 1.165) is 17.3 Å². The number of aromatic nitrogens is 4. The van der Waals surface area contributed by atoms with Gasteiger partial charge in [-0.2, -0.15) is 0 Å². The van der Waals surface area contributed by atoms with Crippen molar-refractivity contribution in [3.8, 4) is 5.69 Å². The van der Waals surface area contributed by atoms with Gasteiger partial charge in [0.15, 0.2) is 0 Å². The summed E-state index contributed by atoms with van der Waals surface area (Å²) in [4.78, 5) is 0. The second-order valence-electron chi connectivity index (χ2n) is 5.59. The zero-order valence-corrected chi connectivity index (χ0v) is 11.9. The molecule has 1 aliphatic rings. The smallest absolute Gasteiger partial charge is 0.143 e. The van der Waals surface area contributed by atoms with Gasteiger partial charge in [0.05, 0.1) is 5.69 Å². The highest BCUT2D eigenvalue weighted by Crippen LogP contribution is 2.29. The topological polar surface area (TPSA) is 55.6 Å². The van der Waals surface area contributed by atoms with E-state index in [2.05, 4.69) is 39.9 Å². The summed E-state index contributed by atoms with van der Waals surface area (Å²) in [5.41, 5.74) is 2.14. The lowest BCUT2D eigenvalue weighted by Gasteiger charge is -2.29. The first-order valence-corrected chi connectivity index (χ1v) is 7.45. The fraction of sp³-hybridized carbons (Fsp3) is 0.533. The van der Waals surface area contributed by atoms with E-state index in [1.54, 1.807) is 11.0 Å². The Morgan fingerprint density at radius 2 is 2.30 bits per heavy atom. The van der Waals surface area contributed by atoms with Crippen LogP contribution in [0.2, 0.25) is 0 Å². The van der Waals surface area contributed by atoms with E-state index >= 15 is 0 Å². The summed E-state index contributed by atoms with van der Waals surface area (Å²) >= 11 is 0. The Balaban J connectivity index is 1.70. The largest absolute Gasteiger partial charge is 0.382 e. The van der Waals surface area contributed by atoms with Crippen LogP contribution in [0, 0.1) is 5.92 Å². The third-order valence-corrected chi connectivity index (χ3v) is 4.19. The van der Waals surface area contributed by atoms with E-state index in [4.69, 9.17) is 0 Å². The van der Waals surface area contributed by atoms with E-state index in [-0.39, 0.29) is 0 Å². The number of benzene rings is 1. The highest BCUT2D eigenvalue weighted by molar-refractivity contribution is 5.51.